The summed E-state index contributed by atoms with van der Waals surface area (Å²) in [5.74, 6) is 2.99. The Balaban J connectivity index is 1.11. The lowest BCUT2D eigenvalue weighted by molar-refractivity contribution is 0.112. The zero-order valence-corrected chi connectivity index (χ0v) is 22.1. The van der Waals surface area contributed by atoms with Gasteiger partial charge in [0.05, 0.1) is 0 Å². The van der Waals surface area contributed by atoms with E-state index in [9.17, 15) is 4.79 Å². The molecule has 0 atom stereocenters. The Morgan fingerprint density at radius 1 is 0.400 bits per heavy atom. The SMILES string of the molecule is O=Cc1cccc(OCc2cccc(OCc3cccc(OCc4cccc(OCc5ccccc5)c4)c3)c2)c1. The van der Waals surface area contributed by atoms with Gasteiger partial charge in [0.25, 0.3) is 0 Å². The van der Waals surface area contributed by atoms with Crippen LogP contribution in [0.5, 0.6) is 23.0 Å². The van der Waals surface area contributed by atoms with Gasteiger partial charge in [0.15, 0.2) is 0 Å². The maximum atomic E-state index is 11.0. The smallest absolute Gasteiger partial charge is 0.150 e. The molecule has 0 unspecified atom stereocenters. The van der Waals surface area contributed by atoms with E-state index < -0.39 is 0 Å². The molecule has 0 saturated carbocycles. The largest absolute Gasteiger partial charge is 0.489 e. The summed E-state index contributed by atoms with van der Waals surface area (Å²) in [5, 5.41) is 0. The van der Waals surface area contributed by atoms with Crippen molar-refractivity contribution in [2.75, 3.05) is 0 Å². The topological polar surface area (TPSA) is 54.0 Å². The number of carbonyl (C=O) groups excluding carboxylic acids is 1. The molecule has 5 aromatic carbocycles. The van der Waals surface area contributed by atoms with Gasteiger partial charge in [-0.25, -0.2) is 0 Å². The van der Waals surface area contributed by atoms with Crippen molar-refractivity contribution < 1.29 is 23.7 Å². The van der Waals surface area contributed by atoms with Crippen LogP contribution in [0.2, 0.25) is 0 Å². The van der Waals surface area contributed by atoms with Crippen LogP contribution in [-0.4, -0.2) is 6.29 Å². The van der Waals surface area contributed by atoms with Crippen molar-refractivity contribution in [2.24, 2.45) is 0 Å². The third kappa shape index (κ3) is 7.98. The highest BCUT2D eigenvalue weighted by molar-refractivity contribution is 5.75. The van der Waals surface area contributed by atoms with Crippen molar-refractivity contribution in [2.45, 2.75) is 26.4 Å². The Hall–Kier alpha value is -5.03. The molecule has 0 saturated heterocycles. The summed E-state index contributed by atoms with van der Waals surface area (Å²) in [4.78, 5) is 11.0. The lowest BCUT2D eigenvalue weighted by atomic mass is 10.2. The van der Waals surface area contributed by atoms with Crippen molar-refractivity contribution >= 4 is 6.29 Å². The van der Waals surface area contributed by atoms with E-state index in [1.165, 1.54) is 0 Å². The van der Waals surface area contributed by atoms with Gasteiger partial charge in [-0.1, -0.05) is 78.9 Å². The van der Waals surface area contributed by atoms with Gasteiger partial charge in [0.2, 0.25) is 0 Å². The van der Waals surface area contributed by atoms with E-state index in [0.717, 1.165) is 45.8 Å². The second-order valence-corrected chi connectivity index (χ2v) is 9.27. The highest BCUT2D eigenvalue weighted by Gasteiger charge is 2.04. The monoisotopic (exact) mass is 530 g/mol. The third-order valence-electron chi connectivity index (χ3n) is 6.15. The first-order valence-electron chi connectivity index (χ1n) is 13.1. The van der Waals surface area contributed by atoms with Gasteiger partial charge in [-0.15, -0.1) is 0 Å². The molecule has 5 nitrogen and oxygen atoms in total. The average molecular weight is 531 g/mol. The number of carbonyl (C=O) groups is 1. The quantitative estimate of drug-likeness (QED) is 0.145. The van der Waals surface area contributed by atoms with Gasteiger partial charge in [-0.2, -0.15) is 0 Å². The summed E-state index contributed by atoms with van der Waals surface area (Å²) in [6, 6.07) is 40.9. The predicted octanol–water partition coefficient (Wildman–Crippen LogP) is 7.82. The maximum absolute atomic E-state index is 11.0. The highest BCUT2D eigenvalue weighted by atomic mass is 16.5. The number of aldehydes is 1. The van der Waals surface area contributed by atoms with Crippen LogP contribution in [0.3, 0.4) is 0 Å². The van der Waals surface area contributed by atoms with Gasteiger partial charge in [-0.3, -0.25) is 4.79 Å². The standard InChI is InChI=1S/C35H30O5/c36-22-28-10-4-14-32(18-28)38-24-30-12-6-16-34(20-30)40-26-31-13-7-17-35(21-31)39-25-29-11-5-15-33(19-29)37-23-27-8-2-1-3-9-27/h1-22H,23-26H2. The van der Waals surface area contributed by atoms with Gasteiger partial charge in [0.1, 0.15) is 55.7 Å². The molecule has 0 aromatic heterocycles. The fraction of sp³-hybridized carbons (Fsp3) is 0.114. The lowest BCUT2D eigenvalue weighted by Gasteiger charge is -2.12. The normalized spacial score (nSPS) is 10.5. The molecule has 5 heteroatoms. The van der Waals surface area contributed by atoms with Crippen molar-refractivity contribution in [3.63, 3.8) is 0 Å². The summed E-state index contributed by atoms with van der Waals surface area (Å²) in [7, 11) is 0. The number of rotatable bonds is 13. The van der Waals surface area contributed by atoms with Gasteiger partial charge in [0, 0.05) is 5.56 Å². The lowest BCUT2D eigenvalue weighted by Crippen LogP contribution is -2.00. The Labute approximate surface area is 234 Å². The van der Waals surface area contributed by atoms with Crippen LogP contribution in [0.1, 0.15) is 32.6 Å². The highest BCUT2D eigenvalue weighted by Crippen LogP contribution is 2.21. The first-order chi connectivity index (χ1) is 19.7. The summed E-state index contributed by atoms with van der Waals surface area (Å²) < 4.78 is 23.9. The summed E-state index contributed by atoms with van der Waals surface area (Å²) in [5.41, 5.74) is 4.72. The number of hydrogen-bond acceptors (Lipinski definition) is 5. The Kier molecular flexibility index (Phi) is 9.08. The van der Waals surface area contributed by atoms with Crippen molar-refractivity contribution in [1.29, 1.82) is 0 Å². The van der Waals surface area contributed by atoms with E-state index in [1.54, 1.807) is 18.2 Å². The zero-order valence-electron chi connectivity index (χ0n) is 22.1. The van der Waals surface area contributed by atoms with Gasteiger partial charge >= 0.3 is 0 Å². The average Bonchev–Trinajstić information content (AvgIpc) is 3.02. The first-order valence-corrected chi connectivity index (χ1v) is 13.1. The second kappa shape index (κ2) is 13.7. The van der Waals surface area contributed by atoms with E-state index in [2.05, 4.69) is 0 Å². The van der Waals surface area contributed by atoms with Gasteiger partial charge in [-0.05, 0) is 70.8 Å². The van der Waals surface area contributed by atoms with Crippen LogP contribution >= 0.6 is 0 Å². The number of benzene rings is 5. The Morgan fingerprint density at radius 2 is 0.775 bits per heavy atom. The third-order valence-corrected chi connectivity index (χ3v) is 6.15. The summed E-state index contributed by atoms with van der Waals surface area (Å²) in [6.07, 6.45) is 0.808. The zero-order chi connectivity index (χ0) is 27.4. The summed E-state index contributed by atoms with van der Waals surface area (Å²) in [6.45, 7) is 1.75. The molecule has 40 heavy (non-hydrogen) atoms. The van der Waals surface area contributed by atoms with Crippen LogP contribution in [0, 0.1) is 0 Å². The molecular formula is C35H30O5. The van der Waals surface area contributed by atoms with Crippen molar-refractivity contribution in [3.05, 3.63) is 155 Å². The van der Waals surface area contributed by atoms with Gasteiger partial charge < -0.3 is 18.9 Å². The minimum absolute atomic E-state index is 0.376. The van der Waals surface area contributed by atoms with Crippen LogP contribution in [-0.2, 0) is 26.4 Å². The molecule has 0 aliphatic heterocycles. The molecule has 0 bridgehead atoms. The Bertz CT molecular complexity index is 1530. The van der Waals surface area contributed by atoms with E-state index in [1.807, 2.05) is 109 Å². The molecule has 0 heterocycles. The number of ether oxygens (including phenoxy) is 4. The number of hydrogen-bond donors (Lipinski definition) is 0. The maximum Gasteiger partial charge on any atom is 0.150 e. The molecule has 0 radical (unpaired) electrons. The fourth-order valence-corrected chi connectivity index (χ4v) is 4.09. The van der Waals surface area contributed by atoms with Crippen molar-refractivity contribution in [3.8, 4) is 23.0 Å². The summed E-state index contributed by atoms with van der Waals surface area (Å²) >= 11 is 0. The van der Waals surface area contributed by atoms with E-state index in [0.29, 0.717) is 37.7 Å². The van der Waals surface area contributed by atoms with Crippen LogP contribution in [0.4, 0.5) is 0 Å². The van der Waals surface area contributed by atoms with E-state index >= 15 is 0 Å². The van der Waals surface area contributed by atoms with E-state index in [-0.39, 0.29) is 0 Å². The van der Waals surface area contributed by atoms with Crippen LogP contribution in [0.15, 0.2) is 127 Å². The van der Waals surface area contributed by atoms with Crippen LogP contribution < -0.4 is 18.9 Å². The molecule has 0 N–H and O–H groups in total. The Morgan fingerprint density at radius 3 is 1.23 bits per heavy atom. The van der Waals surface area contributed by atoms with E-state index in [4.69, 9.17) is 18.9 Å². The molecule has 5 rings (SSSR count). The predicted molar refractivity (Wildman–Crippen MR) is 155 cm³/mol. The van der Waals surface area contributed by atoms with Crippen molar-refractivity contribution in [1.82, 2.24) is 0 Å². The minimum atomic E-state index is 0.376. The molecule has 0 amide bonds. The molecule has 200 valence electrons. The molecule has 5 aromatic rings. The first kappa shape index (κ1) is 26.6. The molecule has 0 fully saturated rings. The molecule has 0 aliphatic rings. The fourth-order valence-electron chi connectivity index (χ4n) is 4.09. The molecular weight excluding hydrogens is 500 g/mol. The minimum Gasteiger partial charge on any atom is -0.489 e. The van der Waals surface area contributed by atoms with Crippen LogP contribution in [0.25, 0.3) is 0 Å². The second-order valence-electron chi connectivity index (χ2n) is 9.27. The molecule has 0 spiro atoms. The molecule has 0 aliphatic carbocycles.